The molecule has 4 heteroatoms. The third kappa shape index (κ3) is 3.60. The van der Waals surface area contributed by atoms with Crippen molar-refractivity contribution in [3.05, 3.63) is 24.2 Å². The summed E-state index contributed by atoms with van der Waals surface area (Å²) in [6, 6.07) is 3.67. The smallest absolute Gasteiger partial charge is 0.220 e. The molecule has 4 nitrogen and oxygen atoms in total. The first-order valence-electron chi connectivity index (χ1n) is 6.19. The van der Waals surface area contributed by atoms with Crippen molar-refractivity contribution in [2.45, 2.75) is 44.1 Å². The Kier molecular flexibility index (Phi) is 3.84. The fourth-order valence-corrected chi connectivity index (χ4v) is 2.25. The molecule has 94 valence electrons. The summed E-state index contributed by atoms with van der Waals surface area (Å²) in [7, 11) is 0. The summed E-state index contributed by atoms with van der Waals surface area (Å²) in [6.45, 7) is 0.379. The van der Waals surface area contributed by atoms with E-state index >= 15 is 0 Å². The number of amides is 1. The first kappa shape index (κ1) is 12.2. The molecule has 0 saturated heterocycles. The van der Waals surface area contributed by atoms with Crippen LogP contribution in [0.3, 0.4) is 0 Å². The van der Waals surface area contributed by atoms with Crippen molar-refractivity contribution >= 4 is 5.91 Å². The van der Waals surface area contributed by atoms with E-state index in [1.807, 2.05) is 12.1 Å². The van der Waals surface area contributed by atoms with Gasteiger partial charge in [-0.3, -0.25) is 4.79 Å². The van der Waals surface area contributed by atoms with E-state index in [9.17, 15) is 9.90 Å². The second-order valence-electron chi connectivity index (χ2n) is 4.79. The maximum Gasteiger partial charge on any atom is 0.220 e. The van der Waals surface area contributed by atoms with E-state index in [0.717, 1.165) is 31.4 Å². The van der Waals surface area contributed by atoms with Gasteiger partial charge in [0.15, 0.2) is 0 Å². The zero-order valence-electron chi connectivity index (χ0n) is 9.95. The fraction of sp³-hybridized carbons (Fsp3) is 0.615. The van der Waals surface area contributed by atoms with Crippen molar-refractivity contribution < 1.29 is 14.3 Å². The molecule has 2 rings (SSSR count). The summed E-state index contributed by atoms with van der Waals surface area (Å²) in [5.74, 6) is 0.793. The number of aliphatic hydroxyl groups is 1. The number of nitrogens with one attached hydrogen (secondary N) is 1. The minimum absolute atomic E-state index is 0.0262. The molecule has 1 aromatic heterocycles. The molecular formula is C13H19NO3. The number of rotatable bonds is 5. The quantitative estimate of drug-likeness (QED) is 0.818. The maximum absolute atomic E-state index is 11.6. The molecule has 0 bridgehead atoms. The lowest BCUT2D eigenvalue weighted by Crippen LogP contribution is -2.40. The summed E-state index contributed by atoms with van der Waals surface area (Å²) in [5, 5.41) is 12.9. The summed E-state index contributed by atoms with van der Waals surface area (Å²) in [6.07, 6.45) is 6.32. The van der Waals surface area contributed by atoms with Gasteiger partial charge >= 0.3 is 0 Å². The van der Waals surface area contributed by atoms with Crippen LogP contribution >= 0.6 is 0 Å². The molecule has 0 unspecified atom stereocenters. The Bertz CT molecular complexity index is 353. The number of carbonyl (C=O) groups excluding carboxylic acids is 1. The molecule has 1 fully saturated rings. The van der Waals surface area contributed by atoms with Gasteiger partial charge < -0.3 is 14.8 Å². The van der Waals surface area contributed by atoms with E-state index in [2.05, 4.69) is 5.32 Å². The van der Waals surface area contributed by atoms with Gasteiger partial charge in [0, 0.05) is 19.4 Å². The Labute approximate surface area is 101 Å². The van der Waals surface area contributed by atoms with Crippen LogP contribution in [0, 0.1) is 0 Å². The van der Waals surface area contributed by atoms with Crippen LogP contribution in [0.5, 0.6) is 0 Å². The monoisotopic (exact) mass is 237 g/mol. The lowest BCUT2D eigenvalue weighted by atomic mass is 10.0. The lowest BCUT2D eigenvalue weighted by molar-refractivity contribution is -0.122. The van der Waals surface area contributed by atoms with Crippen LogP contribution in [0.1, 0.15) is 37.9 Å². The Hall–Kier alpha value is -1.29. The van der Waals surface area contributed by atoms with Gasteiger partial charge in [-0.25, -0.2) is 0 Å². The molecule has 17 heavy (non-hydrogen) atoms. The van der Waals surface area contributed by atoms with E-state index in [-0.39, 0.29) is 5.91 Å². The Morgan fingerprint density at radius 1 is 1.47 bits per heavy atom. The largest absolute Gasteiger partial charge is 0.469 e. The van der Waals surface area contributed by atoms with Crippen LogP contribution in [-0.2, 0) is 11.2 Å². The third-order valence-corrected chi connectivity index (χ3v) is 3.33. The van der Waals surface area contributed by atoms with Crippen LogP contribution in [0.15, 0.2) is 22.8 Å². The lowest BCUT2D eigenvalue weighted by Gasteiger charge is -2.22. The minimum atomic E-state index is -0.666. The van der Waals surface area contributed by atoms with Crippen molar-refractivity contribution in [3.8, 4) is 0 Å². The zero-order chi connectivity index (χ0) is 12.1. The molecule has 0 radical (unpaired) electrons. The predicted molar refractivity (Wildman–Crippen MR) is 63.5 cm³/mol. The van der Waals surface area contributed by atoms with Crippen molar-refractivity contribution in [3.63, 3.8) is 0 Å². The fourth-order valence-electron chi connectivity index (χ4n) is 2.25. The van der Waals surface area contributed by atoms with Crippen molar-refractivity contribution in [2.75, 3.05) is 6.54 Å². The summed E-state index contributed by atoms with van der Waals surface area (Å²) in [4.78, 5) is 11.6. The molecule has 2 N–H and O–H groups in total. The van der Waals surface area contributed by atoms with E-state index in [1.54, 1.807) is 6.26 Å². The van der Waals surface area contributed by atoms with Gasteiger partial charge in [-0.1, -0.05) is 12.8 Å². The maximum atomic E-state index is 11.6. The summed E-state index contributed by atoms with van der Waals surface area (Å²) < 4.78 is 5.15. The molecule has 1 heterocycles. The van der Waals surface area contributed by atoms with Gasteiger partial charge in [-0.05, 0) is 25.0 Å². The van der Waals surface area contributed by atoms with Gasteiger partial charge in [0.2, 0.25) is 5.91 Å². The molecule has 1 amide bonds. The van der Waals surface area contributed by atoms with Gasteiger partial charge in [-0.2, -0.15) is 0 Å². The van der Waals surface area contributed by atoms with Gasteiger partial charge in [0.1, 0.15) is 5.76 Å². The topological polar surface area (TPSA) is 62.5 Å². The van der Waals surface area contributed by atoms with Gasteiger partial charge in [-0.15, -0.1) is 0 Å². The number of hydrogen-bond donors (Lipinski definition) is 2. The van der Waals surface area contributed by atoms with Crippen LogP contribution in [0.25, 0.3) is 0 Å². The van der Waals surface area contributed by atoms with Gasteiger partial charge in [0.25, 0.3) is 0 Å². The highest BCUT2D eigenvalue weighted by Crippen LogP contribution is 2.28. The highest BCUT2D eigenvalue weighted by Gasteiger charge is 2.31. The van der Waals surface area contributed by atoms with Crippen LogP contribution < -0.4 is 5.32 Å². The normalized spacial score (nSPS) is 18.2. The minimum Gasteiger partial charge on any atom is -0.469 e. The predicted octanol–water partition coefficient (Wildman–Crippen LogP) is 1.63. The molecule has 1 saturated carbocycles. The first-order chi connectivity index (χ1) is 8.18. The standard InChI is InChI=1S/C13H19NO3/c15-12(6-5-11-4-3-9-17-11)14-10-13(16)7-1-2-8-13/h3-4,9,16H,1-2,5-8,10H2,(H,14,15). The highest BCUT2D eigenvalue weighted by atomic mass is 16.3. The van der Waals surface area contributed by atoms with E-state index in [1.165, 1.54) is 0 Å². The van der Waals surface area contributed by atoms with Crippen molar-refractivity contribution in [1.82, 2.24) is 5.32 Å². The van der Waals surface area contributed by atoms with E-state index < -0.39 is 5.60 Å². The van der Waals surface area contributed by atoms with Crippen LogP contribution in [0.2, 0.25) is 0 Å². The average molecular weight is 237 g/mol. The highest BCUT2D eigenvalue weighted by molar-refractivity contribution is 5.76. The molecule has 0 spiro atoms. The van der Waals surface area contributed by atoms with Crippen molar-refractivity contribution in [1.29, 1.82) is 0 Å². The average Bonchev–Trinajstić information content (AvgIpc) is 2.95. The molecule has 1 aliphatic carbocycles. The Balaban J connectivity index is 1.67. The van der Waals surface area contributed by atoms with Crippen molar-refractivity contribution in [2.24, 2.45) is 0 Å². The van der Waals surface area contributed by atoms with Crippen LogP contribution in [-0.4, -0.2) is 23.2 Å². The molecular weight excluding hydrogens is 218 g/mol. The molecule has 1 aromatic rings. The number of aryl methyl sites for hydroxylation is 1. The van der Waals surface area contributed by atoms with E-state index in [0.29, 0.717) is 19.4 Å². The molecule has 1 aliphatic rings. The molecule has 0 aromatic carbocycles. The molecule has 0 atom stereocenters. The number of furan rings is 1. The number of hydrogen-bond acceptors (Lipinski definition) is 3. The second-order valence-corrected chi connectivity index (χ2v) is 4.79. The van der Waals surface area contributed by atoms with E-state index in [4.69, 9.17) is 4.42 Å². The number of carbonyl (C=O) groups is 1. The Morgan fingerprint density at radius 3 is 2.88 bits per heavy atom. The Morgan fingerprint density at radius 2 is 2.24 bits per heavy atom. The zero-order valence-corrected chi connectivity index (χ0v) is 9.95. The SMILES string of the molecule is O=C(CCc1ccco1)NCC1(O)CCCC1. The van der Waals surface area contributed by atoms with Crippen LogP contribution in [0.4, 0.5) is 0 Å². The first-order valence-corrected chi connectivity index (χ1v) is 6.19. The summed E-state index contributed by atoms with van der Waals surface area (Å²) in [5.41, 5.74) is -0.666. The summed E-state index contributed by atoms with van der Waals surface area (Å²) >= 11 is 0. The third-order valence-electron chi connectivity index (χ3n) is 3.33. The second kappa shape index (κ2) is 5.36. The molecule has 0 aliphatic heterocycles. The van der Waals surface area contributed by atoms with Gasteiger partial charge in [0.05, 0.1) is 11.9 Å².